The van der Waals surface area contributed by atoms with Gasteiger partial charge in [-0.1, -0.05) is 6.92 Å². The number of methoxy groups -OCH3 is 1. The summed E-state index contributed by atoms with van der Waals surface area (Å²) in [6.07, 6.45) is 2.45. The van der Waals surface area contributed by atoms with E-state index in [0.717, 1.165) is 22.4 Å². The Morgan fingerprint density at radius 3 is 2.89 bits per heavy atom. The van der Waals surface area contributed by atoms with Crippen LogP contribution in [0, 0.1) is 0 Å². The number of hydrogen-bond donors (Lipinski definition) is 1. The number of thiophene rings is 1. The fraction of sp³-hybridized carbons (Fsp3) is 0.385. The molecule has 4 nitrogen and oxygen atoms in total. The van der Waals surface area contributed by atoms with Crippen LogP contribution in [0.2, 0.25) is 0 Å². The SMILES string of the molecule is CCNC(Cc1ccc(Br)s1)c1cc(OC)ncn1. The van der Waals surface area contributed by atoms with E-state index in [4.69, 9.17) is 4.74 Å². The summed E-state index contributed by atoms with van der Waals surface area (Å²) in [5.74, 6) is 0.597. The summed E-state index contributed by atoms with van der Waals surface area (Å²) < 4.78 is 6.30. The molecule has 1 N–H and O–H groups in total. The van der Waals surface area contributed by atoms with Gasteiger partial charge in [-0.25, -0.2) is 9.97 Å². The summed E-state index contributed by atoms with van der Waals surface area (Å²) in [6, 6.07) is 6.27. The first-order chi connectivity index (χ1) is 9.22. The predicted octanol–water partition coefficient (Wildman–Crippen LogP) is 3.20. The van der Waals surface area contributed by atoms with Crippen LogP contribution in [0.5, 0.6) is 5.88 Å². The molecule has 0 saturated heterocycles. The van der Waals surface area contributed by atoms with Crippen LogP contribution in [0.15, 0.2) is 28.3 Å². The summed E-state index contributed by atoms with van der Waals surface area (Å²) in [5.41, 5.74) is 0.957. The summed E-state index contributed by atoms with van der Waals surface area (Å²) in [7, 11) is 1.62. The highest BCUT2D eigenvalue weighted by Crippen LogP contribution is 2.27. The minimum atomic E-state index is 0.174. The molecule has 0 radical (unpaired) electrons. The fourth-order valence-electron chi connectivity index (χ4n) is 1.85. The third-order valence-electron chi connectivity index (χ3n) is 2.71. The lowest BCUT2D eigenvalue weighted by Crippen LogP contribution is -2.23. The summed E-state index contributed by atoms with van der Waals surface area (Å²) in [6.45, 7) is 2.99. The first-order valence-corrected chi connectivity index (χ1v) is 7.67. The minimum Gasteiger partial charge on any atom is -0.481 e. The highest BCUT2D eigenvalue weighted by molar-refractivity contribution is 9.11. The average molecular weight is 342 g/mol. The Bertz CT molecular complexity index is 532. The number of ether oxygens (including phenoxy) is 1. The van der Waals surface area contributed by atoms with Crippen LogP contribution in [0.3, 0.4) is 0 Å². The van der Waals surface area contributed by atoms with Gasteiger partial charge in [-0.05, 0) is 34.6 Å². The van der Waals surface area contributed by atoms with E-state index < -0.39 is 0 Å². The van der Waals surface area contributed by atoms with Crippen LogP contribution in [0.4, 0.5) is 0 Å². The standard InChI is InChI=1S/C13H16BrN3OS/c1-3-15-10(6-9-4-5-12(14)19-9)11-7-13(18-2)17-8-16-11/h4-5,7-8,10,15H,3,6H2,1-2H3. The van der Waals surface area contributed by atoms with E-state index in [1.807, 2.05) is 6.07 Å². The van der Waals surface area contributed by atoms with Gasteiger partial charge in [-0.15, -0.1) is 11.3 Å². The van der Waals surface area contributed by atoms with Gasteiger partial charge >= 0.3 is 0 Å². The lowest BCUT2D eigenvalue weighted by molar-refractivity contribution is 0.394. The van der Waals surface area contributed by atoms with E-state index in [2.05, 4.69) is 50.3 Å². The van der Waals surface area contributed by atoms with Gasteiger partial charge in [0.15, 0.2) is 0 Å². The van der Waals surface area contributed by atoms with E-state index in [1.54, 1.807) is 24.8 Å². The number of hydrogen-bond acceptors (Lipinski definition) is 5. The van der Waals surface area contributed by atoms with Crippen molar-refractivity contribution in [2.24, 2.45) is 0 Å². The molecule has 1 atom stereocenters. The van der Waals surface area contributed by atoms with Crippen LogP contribution >= 0.6 is 27.3 Å². The molecule has 19 heavy (non-hydrogen) atoms. The number of aromatic nitrogens is 2. The van der Waals surface area contributed by atoms with Gasteiger partial charge in [0, 0.05) is 17.4 Å². The molecule has 0 aliphatic carbocycles. The maximum Gasteiger partial charge on any atom is 0.216 e. The van der Waals surface area contributed by atoms with Gasteiger partial charge in [-0.2, -0.15) is 0 Å². The second kappa shape index (κ2) is 6.98. The van der Waals surface area contributed by atoms with Crippen LogP contribution in [-0.4, -0.2) is 23.6 Å². The molecule has 2 heterocycles. The van der Waals surface area contributed by atoms with Gasteiger partial charge in [0.2, 0.25) is 5.88 Å². The van der Waals surface area contributed by atoms with E-state index >= 15 is 0 Å². The molecule has 0 saturated carbocycles. The number of nitrogens with one attached hydrogen (secondary N) is 1. The normalized spacial score (nSPS) is 12.4. The van der Waals surface area contributed by atoms with Gasteiger partial charge in [0.05, 0.1) is 22.6 Å². The average Bonchev–Trinajstić information content (AvgIpc) is 2.84. The Labute approximate surface area is 125 Å². The van der Waals surface area contributed by atoms with Crippen LogP contribution < -0.4 is 10.1 Å². The summed E-state index contributed by atoms with van der Waals surface area (Å²) in [5, 5.41) is 3.45. The first kappa shape index (κ1) is 14.4. The molecule has 2 aromatic heterocycles. The predicted molar refractivity (Wildman–Crippen MR) is 80.7 cm³/mol. The second-order valence-corrected chi connectivity index (χ2v) is 6.55. The maximum atomic E-state index is 5.15. The van der Waals surface area contributed by atoms with Gasteiger partial charge in [0.1, 0.15) is 6.33 Å². The van der Waals surface area contributed by atoms with Crippen molar-refractivity contribution in [3.8, 4) is 5.88 Å². The van der Waals surface area contributed by atoms with E-state index in [9.17, 15) is 0 Å². The van der Waals surface area contributed by atoms with E-state index in [0.29, 0.717) is 5.88 Å². The third-order valence-corrected chi connectivity index (χ3v) is 4.36. The van der Waals surface area contributed by atoms with Crippen molar-refractivity contribution in [2.45, 2.75) is 19.4 Å². The van der Waals surface area contributed by atoms with Crippen molar-refractivity contribution in [2.75, 3.05) is 13.7 Å². The highest BCUT2D eigenvalue weighted by Gasteiger charge is 2.15. The van der Waals surface area contributed by atoms with Crippen molar-refractivity contribution >= 4 is 27.3 Å². The van der Waals surface area contributed by atoms with Gasteiger partial charge < -0.3 is 10.1 Å². The third kappa shape index (κ3) is 3.99. The number of likely N-dealkylation sites (N-methyl/N-ethyl adjacent to an activating group) is 1. The first-order valence-electron chi connectivity index (χ1n) is 6.06. The quantitative estimate of drug-likeness (QED) is 0.876. The molecule has 0 aromatic carbocycles. The molecule has 0 bridgehead atoms. The van der Waals surface area contributed by atoms with Crippen molar-refractivity contribution in [3.05, 3.63) is 38.9 Å². The Morgan fingerprint density at radius 2 is 2.26 bits per heavy atom. The topological polar surface area (TPSA) is 47.0 Å². The maximum absolute atomic E-state index is 5.15. The van der Waals surface area contributed by atoms with E-state index in [1.165, 1.54) is 4.88 Å². The molecular weight excluding hydrogens is 326 g/mol. The van der Waals surface area contributed by atoms with Crippen molar-refractivity contribution in [3.63, 3.8) is 0 Å². The molecule has 0 amide bonds. The molecule has 6 heteroatoms. The molecule has 0 spiro atoms. The summed E-state index contributed by atoms with van der Waals surface area (Å²) >= 11 is 5.24. The second-order valence-electron chi connectivity index (χ2n) is 4.01. The van der Waals surface area contributed by atoms with Crippen LogP contribution in [-0.2, 0) is 6.42 Å². The minimum absolute atomic E-state index is 0.174. The van der Waals surface area contributed by atoms with Crippen molar-refractivity contribution in [1.29, 1.82) is 0 Å². The zero-order chi connectivity index (χ0) is 13.7. The monoisotopic (exact) mass is 341 g/mol. The molecule has 0 fully saturated rings. The number of halogens is 1. The largest absolute Gasteiger partial charge is 0.481 e. The smallest absolute Gasteiger partial charge is 0.216 e. The molecule has 2 rings (SSSR count). The Hall–Kier alpha value is -0.980. The Kier molecular flexibility index (Phi) is 5.30. The zero-order valence-corrected chi connectivity index (χ0v) is 13.3. The number of rotatable bonds is 6. The lowest BCUT2D eigenvalue weighted by atomic mass is 10.1. The fourth-order valence-corrected chi connectivity index (χ4v) is 3.37. The molecule has 0 aliphatic rings. The zero-order valence-electron chi connectivity index (χ0n) is 10.9. The molecule has 2 aromatic rings. The van der Waals surface area contributed by atoms with Crippen molar-refractivity contribution < 1.29 is 4.74 Å². The lowest BCUT2D eigenvalue weighted by Gasteiger charge is -2.16. The molecular formula is C13H16BrN3OS. The van der Waals surface area contributed by atoms with Crippen LogP contribution in [0.1, 0.15) is 23.5 Å². The van der Waals surface area contributed by atoms with Gasteiger partial charge in [0.25, 0.3) is 0 Å². The highest BCUT2D eigenvalue weighted by atomic mass is 79.9. The Morgan fingerprint density at radius 1 is 1.42 bits per heavy atom. The molecule has 0 aliphatic heterocycles. The molecule has 102 valence electrons. The van der Waals surface area contributed by atoms with Crippen molar-refractivity contribution in [1.82, 2.24) is 15.3 Å². The van der Waals surface area contributed by atoms with Gasteiger partial charge in [-0.3, -0.25) is 0 Å². The molecule has 1 unspecified atom stereocenters. The summed E-state index contributed by atoms with van der Waals surface area (Å²) in [4.78, 5) is 9.71. The number of nitrogens with zero attached hydrogens (tertiary/aromatic N) is 2. The Balaban J connectivity index is 2.18. The van der Waals surface area contributed by atoms with E-state index in [-0.39, 0.29) is 6.04 Å². The van der Waals surface area contributed by atoms with Crippen LogP contribution in [0.25, 0.3) is 0 Å².